The van der Waals surface area contributed by atoms with Crippen molar-refractivity contribution in [2.75, 3.05) is 0 Å². The average Bonchev–Trinajstić information content (AvgIpc) is 1.54. The number of nitrogens with zero attached hydrogens (tertiary/aromatic N) is 8. The summed E-state index contributed by atoms with van der Waals surface area (Å²) in [6.07, 6.45) is 0. The second-order valence-corrected chi connectivity index (χ2v) is 29.5. The molecule has 0 fully saturated rings. The molecule has 0 saturated heterocycles. The van der Waals surface area contributed by atoms with Crippen LogP contribution in [0.25, 0.3) is 233 Å². The summed E-state index contributed by atoms with van der Waals surface area (Å²) in [5.41, 5.74) is 26.8. The van der Waals surface area contributed by atoms with Crippen LogP contribution in [0.4, 0.5) is 0 Å². The van der Waals surface area contributed by atoms with E-state index in [2.05, 4.69) is 376 Å². The van der Waals surface area contributed by atoms with E-state index in [9.17, 15) is 0 Å². The first kappa shape index (κ1) is 63.4. The Hall–Kier alpha value is -15.5. The molecule has 0 spiro atoms. The summed E-state index contributed by atoms with van der Waals surface area (Å²) in [5, 5.41) is 12.9. The minimum atomic E-state index is 0.592. The summed E-state index contributed by atoms with van der Waals surface area (Å²) < 4.78 is 24.4. The zero-order valence-electron chi connectivity index (χ0n) is 61.2. The van der Waals surface area contributed by atoms with Gasteiger partial charge in [0.05, 0.1) is 99.8 Å². The lowest BCUT2D eigenvalue weighted by molar-refractivity contribution is 0.676. The third-order valence-electron chi connectivity index (χ3n) is 23.2. The molecule has 114 heavy (non-hydrogen) atoms. The van der Waals surface area contributed by atoms with Gasteiger partial charge in [-0.3, -0.25) is 0 Å². The van der Waals surface area contributed by atoms with E-state index in [1.807, 2.05) is 18.2 Å². The monoisotopic (exact) mass is 1450 g/mol. The molecule has 24 aromatic rings. The number of hydrogen-bond acceptors (Lipinski definition) is 6. The Balaban J connectivity index is 0.691. The molecule has 0 N–H and O–H groups in total. The summed E-state index contributed by atoms with van der Waals surface area (Å²) in [6, 6.07) is 134. The second kappa shape index (κ2) is 25.0. The smallest absolute Gasteiger partial charge is 0.162 e. The van der Waals surface area contributed by atoms with Crippen molar-refractivity contribution < 1.29 is 8.83 Å². The first-order valence-electron chi connectivity index (χ1n) is 38.6. The maximum absolute atomic E-state index is 7.51. The van der Waals surface area contributed by atoms with Crippen LogP contribution < -0.4 is 0 Å². The lowest BCUT2D eigenvalue weighted by atomic mass is 9.98. The van der Waals surface area contributed by atoms with Crippen molar-refractivity contribution in [2.45, 2.75) is 0 Å². The molecule has 0 aliphatic heterocycles. The van der Waals surface area contributed by atoms with Gasteiger partial charge >= 0.3 is 0 Å². The molecule has 8 heterocycles. The third kappa shape index (κ3) is 9.61. The molecule has 0 aliphatic rings. The van der Waals surface area contributed by atoms with Crippen LogP contribution in [0, 0.1) is 0 Å². The van der Waals surface area contributed by atoms with Gasteiger partial charge in [-0.1, -0.05) is 243 Å². The number of hydrogen-bond donors (Lipinski definition) is 0. The van der Waals surface area contributed by atoms with Gasteiger partial charge in [-0.15, -0.1) is 0 Å². The van der Waals surface area contributed by atoms with Crippen molar-refractivity contribution >= 4 is 131 Å². The molecule has 16 aromatic carbocycles. The lowest BCUT2D eigenvalue weighted by Crippen LogP contribution is -2.02. The maximum Gasteiger partial charge on any atom is 0.162 e. The van der Waals surface area contributed by atoms with E-state index in [4.69, 9.17) is 28.8 Å². The number of fused-ring (bicyclic) bond motifs is 22. The van der Waals surface area contributed by atoms with Crippen LogP contribution in [0.15, 0.2) is 385 Å². The highest BCUT2D eigenvalue weighted by Gasteiger charge is 2.28. The number of benzene rings is 16. The molecule has 0 amide bonds. The third-order valence-corrected chi connectivity index (χ3v) is 23.2. The molecule has 0 aliphatic carbocycles. The standard InChI is InChI=1S/C104H62N8O2/c1-6-27-63(28-7-1)81-61-82(64-29-8-2-9-30-64)107-104(106-81)80-50-49-67(60-94(80)112-89-48-25-20-43-79(89)98-93(112)58-54-74-72-52-56-91-96(100(72)114-102(74)98)77-41-18-23-46-87(77)110(91)70-37-14-5-15-38-70)66-33-26-34-68(59-66)83-62-84(108-103(105-83)65-31-10-3-11-32-65)75-39-16-21-44-85(75)111-88-47-24-19-42-78(88)97-92(111)57-53-73-71-51-55-90-95(99(71)113-101(73)97)76-40-17-22-45-86(76)109(90)69-35-12-4-13-36-69/h1-62H. The molecule has 0 atom stereocenters. The largest absolute Gasteiger partial charge is 0.455 e. The van der Waals surface area contributed by atoms with Gasteiger partial charge in [0.25, 0.3) is 0 Å². The predicted molar refractivity (Wildman–Crippen MR) is 468 cm³/mol. The fraction of sp³-hybridized carbons (Fsp3) is 0. The van der Waals surface area contributed by atoms with Crippen LogP contribution in [-0.2, 0) is 0 Å². The molecule has 530 valence electrons. The zero-order valence-corrected chi connectivity index (χ0v) is 61.2. The fourth-order valence-electron chi connectivity index (χ4n) is 18.2. The first-order chi connectivity index (χ1) is 56.6. The minimum Gasteiger partial charge on any atom is -0.455 e. The molecule has 10 nitrogen and oxygen atoms in total. The van der Waals surface area contributed by atoms with Gasteiger partial charge in [0.1, 0.15) is 22.3 Å². The lowest BCUT2D eigenvalue weighted by Gasteiger charge is -2.17. The molecule has 24 rings (SSSR count). The minimum absolute atomic E-state index is 0.592. The van der Waals surface area contributed by atoms with Gasteiger partial charge in [-0.05, 0) is 145 Å². The molecular formula is C104H62N8O2. The van der Waals surface area contributed by atoms with Gasteiger partial charge in [0.15, 0.2) is 11.6 Å². The number of para-hydroxylation sites is 7. The van der Waals surface area contributed by atoms with Gasteiger partial charge < -0.3 is 27.1 Å². The van der Waals surface area contributed by atoms with E-state index in [1.54, 1.807) is 0 Å². The molecular weight excluding hydrogens is 1390 g/mol. The van der Waals surface area contributed by atoms with Gasteiger partial charge in [0.2, 0.25) is 0 Å². The van der Waals surface area contributed by atoms with Crippen LogP contribution in [0.3, 0.4) is 0 Å². The van der Waals surface area contributed by atoms with E-state index < -0.39 is 0 Å². The van der Waals surface area contributed by atoms with Crippen molar-refractivity contribution in [3.63, 3.8) is 0 Å². The Morgan fingerprint density at radius 1 is 0.184 bits per heavy atom. The van der Waals surface area contributed by atoms with Crippen molar-refractivity contribution in [1.82, 2.24) is 38.2 Å². The Labute approximate surface area is 651 Å². The van der Waals surface area contributed by atoms with E-state index >= 15 is 0 Å². The molecule has 0 saturated carbocycles. The summed E-state index contributed by atoms with van der Waals surface area (Å²) in [6.45, 7) is 0. The maximum atomic E-state index is 7.51. The Morgan fingerprint density at radius 3 is 1.01 bits per heavy atom. The summed E-state index contributed by atoms with van der Waals surface area (Å²) in [5.74, 6) is 1.21. The summed E-state index contributed by atoms with van der Waals surface area (Å²) in [4.78, 5) is 22.1. The average molecular weight is 1460 g/mol. The summed E-state index contributed by atoms with van der Waals surface area (Å²) in [7, 11) is 0. The van der Waals surface area contributed by atoms with E-state index in [0.29, 0.717) is 11.6 Å². The van der Waals surface area contributed by atoms with Gasteiger partial charge in [-0.25, -0.2) is 19.9 Å². The molecule has 0 radical (unpaired) electrons. The van der Waals surface area contributed by atoms with Crippen molar-refractivity contribution in [1.29, 1.82) is 0 Å². The second-order valence-electron chi connectivity index (χ2n) is 29.5. The highest BCUT2D eigenvalue weighted by atomic mass is 16.3. The van der Waals surface area contributed by atoms with E-state index in [1.165, 1.54) is 0 Å². The SMILES string of the molecule is c1ccc(-c2cc(-c3ccccc3)nc(-c3ccc(-c4cccc(-c5cc(-c6ccccc6-n6c7ccccc7c7c8oc9c(ccc%10c9c9ccccc9n%10-c9ccccc9)c8ccc76)nc(-c6ccccc6)n5)c4)cc3-n3c4ccccc4c4c5oc6c(ccc7c6c6ccccc6n7-c6ccccc6)c5ccc43)n2)cc1. The van der Waals surface area contributed by atoms with Crippen LogP contribution in [-0.4, -0.2) is 38.2 Å². The van der Waals surface area contributed by atoms with Crippen LogP contribution in [0.1, 0.15) is 0 Å². The zero-order chi connectivity index (χ0) is 74.6. The molecule has 8 aromatic heterocycles. The van der Waals surface area contributed by atoms with E-state index in [-0.39, 0.29) is 0 Å². The molecule has 0 unspecified atom stereocenters. The predicted octanol–water partition coefficient (Wildman–Crippen LogP) is 27.1. The van der Waals surface area contributed by atoms with Crippen molar-refractivity contribution in [2.24, 2.45) is 0 Å². The fourth-order valence-corrected chi connectivity index (χ4v) is 18.2. The highest BCUT2D eigenvalue weighted by Crippen LogP contribution is 2.50. The number of aromatic nitrogens is 8. The Bertz CT molecular complexity index is 8030. The summed E-state index contributed by atoms with van der Waals surface area (Å²) >= 11 is 0. The van der Waals surface area contributed by atoms with Crippen LogP contribution in [0.2, 0.25) is 0 Å². The van der Waals surface area contributed by atoms with Crippen molar-refractivity contribution in [3.05, 3.63) is 376 Å². The van der Waals surface area contributed by atoms with Gasteiger partial charge in [0, 0.05) is 87.8 Å². The van der Waals surface area contributed by atoms with E-state index in [0.717, 1.165) is 221 Å². The quantitative estimate of drug-likeness (QED) is 0.128. The molecule has 0 bridgehead atoms. The number of furan rings is 2. The van der Waals surface area contributed by atoms with Gasteiger partial charge in [-0.2, -0.15) is 0 Å². The Kier molecular flexibility index (Phi) is 13.9. The normalized spacial score (nSPS) is 12.0. The first-order valence-corrected chi connectivity index (χ1v) is 38.6. The number of rotatable bonds is 11. The topological polar surface area (TPSA) is 97.6 Å². The Morgan fingerprint density at radius 2 is 0.526 bits per heavy atom. The van der Waals surface area contributed by atoms with Crippen molar-refractivity contribution in [3.8, 4) is 102 Å². The molecule has 10 heteroatoms. The van der Waals surface area contributed by atoms with Crippen LogP contribution in [0.5, 0.6) is 0 Å². The highest BCUT2D eigenvalue weighted by molar-refractivity contribution is 6.31. The van der Waals surface area contributed by atoms with Crippen LogP contribution >= 0.6 is 0 Å².